The zero-order valence-electron chi connectivity index (χ0n) is 9.48. The maximum absolute atomic E-state index is 11.8. The van der Waals surface area contributed by atoms with E-state index in [1.165, 1.54) is 0 Å². The Bertz CT molecular complexity index is 487. The lowest BCUT2D eigenvalue weighted by molar-refractivity contribution is -0.394. The van der Waals surface area contributed by atoms with Crippen molar-refractivity contribution in [3.05, 3.63) is 16.4 Å². The number of rotatable bonds is 3. The average molecular weight is 253 g/mol. The highest BCUT2D eigenvalue weighted by Crippen LogP contribution is 2.07. The summed E-state index contributed by atoms with van der Waals surface area (Å²) >= 11 is 0. The number of carbonyl (C=O) groups excluding carboxylic acids is 2. The van der Waals surface area contributed by atoms with E-state index in [1.807, 2.05) is 0 Å². The second-order valence-corrected chi connectivity index (χ2v) is 3.92. The smallest absolute Gasteiger partial charge is 0.390 e. The molecule has 1 aliphatic rings. The number of aromatic nitrogens is 3. The summed E-state index contributed by atoms with van der Waals surface area (Å²) in [5.74, 6) is -0.602. The lowest BCUT2D eigenvalue weighted by Gasteiger charge is -2.25. The topological polar surface area (TPSA) is 111 Å². The highest BCUT2D eigenvalue weighted by Gasteiger charge is 2.22. The molecule has 1 saturated heterocycles. The van der Waals surface area contributed by atoms with Crippen LogP contribution in [0.2, 0.25) is 0 Å². The highest BCUT2D eigenvalue weighted by atomic mass is 16.6. The Kier molecular flexibility index (Phi) is 3.31. The molecule has 0 spiro atoms. The van der Waals surface area contributed by atoms with Crippen LogP contribution in [0.25, 0.3) is 0 Å². The van der Waals surface area contributed by atoms with Gasteiger partial charge in [0.25, 0.3) is 0 Å². The Morgan fingerprint density at radius 1 is 1.44 bits per heavy atom. The van der Waals surface area contributed by atoms with Crippen molar-refractivity contribution in [1.29, 1.82) is 0 Å². The molecular weight excluding hydrogens is 242 g/mol. The molecule has 0 saturated carbocycles. The molecule has 0 aromatic carbocycles. The fourth-order valence-electron chi connectivity index (χ4n) is 1.69. The molecule has 1 fully saturated rings. The van der Waals surface area contributed by atoms with Crippen LogP contribution in [-0.4, -0.2) is 49.4 Å². The summed E-state index contributed by atoms with van der Waals surface area (Å²) in [5.41, 5.74) is 0. The molecule has 0 radical (unpaired) electrons. The van der Waals surface area contributed by atoms with Gasteiger partial charge in [0.15, 0.2) is 0 Å². The number of nitrogens with zero attached hydrogens (tertiary/aromatic N) is 5. The van der Waals surface area contributed by atoms with E-state index in [9.17, 15) is 19.7 Å². The molecule has 9 nitrogen and oxygen atoms in total. The maximum Gasteiger partial charge on any atom is 0.490 e. The van der Waals surface area contributed by atoms with Crippen LogP contribution < -0.4 is 0 Å². The van der Waals surface area contributed by atoms with Crippen molar-refractivity contribution in [1.82, 2.24) is 19.7 Å². The molecule has 0 unspecified atom stereocenters. The Hall–Kier alpha value is -2.32. The summed E-state index contributed by atoms with van der Waals surface area (Å²) in [7, 11) is 0. The molecule has 2 rings (SSSR count). The van der Waals surface area contributed by atoms with Gasteiger partial charge in [0, 0.05) is 31.0 Å². The maximum atomic E-state index is 11.8. The van der Waals surface area contributed by atoms with E-state index < -0.39 is 10.9 Å². The van der Waals surface area contributed by atoms with E-state index in [0.717, 1.165) is 11.0 Å². The van der Waals surface area contributed by atoms with Crippen LogP contribution in [0.1, 0.15) is 12.8 Å². The SMILES string of the molecule is O=C1CCN(C(=O)Cn2cnc([N+](=O)[O-])n2)CC1. The molecule has 1 amide bonds. The number of ketones is 1. The zero-order chi connectivity index (χ0) is 13.1. The molecule has 1 aromatic heterocycles. The molecule has 2 heterocycles. The van der Waals surface area contributed by atoms with Gasteiger partial charge >= 0.3 is 5.95 Å². The molecule has 0 atom stereocenters. The number of hydrogen-bond donors (Lipinski definition) is 0. The molecular formula is C9H11N5O4. The van der Waals surface area contributed by atoms with E-state index in [1.54, 1.807) is 4.90 Å². The predicted molar refractivity (Wildman–Crippen MR) is 57.5 cm³/mol. The molecule has 18 heavy (non-hydrogen) atoms. The quantitative estimate of drug-likeness (QED) is 0.524. The number of Topliss-reactive ketones (excluding diaryl/α,β-unsaturated/α-hetero) is 1. The molecule has 0 N–H and O–H groups in total. The fraction of sp³-hybridized carbons (Fsp3) is 0.556. The first-order valence-corrected chi connectivity index (χ1v) is 5.39. The first-order chi connectivity index (χ1) is 8.56. The van der Waals surface area contributed by atoms with E-state index >= 15 is 0 Å². The second-order valence-electron chi connectivity index (χ2n) is 3.92. The van der Waals surface area contributed by atoms with E-state index in [2.05, 4.69) is 10.1 Å². The van der Waals surface area contributed by atoms with Gasteiger partial charge in [-0.2, -0.15) is 4.68 Å². The third-order valence-corrected chi connectivity index (χ3v) is 2.66. The van der Waals surface area contributed by atoms with Crippen LogP contribution in [0.3, 0.4) is 0 Å². The Labute approximate surface area is 102 Å². The number of nitro groups is 1. The van der Waals surface area contributed by atoms with Crippen LogP contribution in [0.5, 0.6) is 0 Å². The summed E-state index contributed by atoms with van der Waals surface area (Å²) in [5, 5.41) is 13.9. The Balaban J connectivity index is 1.94. The Morgan fingerprint density at radius 3 is 2.67 bits per heavy atom. The minimum absolute atomic E-state index is 0.102. The summed E-state index contributed by atoms with van der Waals surface area (Å²) in [6.07, 6.45) is 1.87. The Morgan fingerprint density at radius 2 is 2.11 bits per heavy atom. The monoisotopic (exact) mass is 253 g/mol. The third-order valence-electron chi connectivity index (χ3n) is 2.66. The van der Waals surface area contributed by atoms with Crippen molar-refractivity contribution in [2.75, 3.05) is 13.1 Å². The van der Waals surface area contributed by atoms with Gasteiger partial charge in [-0.25, -0.2) is 0 Å². The molecule has 96 valence electrons. The van der Waals surface area contributed by atoms with Crippen LogP contribution in [0.4, 0.5) is 5.95 Å². The van der Waals surface area contributed by atoms with Gasteiger partial charge in [-0.15, -0.1) is 0 Å². The highest BCUT2D eigenvalue weighted by molar-refractivity contribution is 5.83. The summed E-state index contributed by atoms with van der Waals surface area (Å²) in [6, 6.07) is 0. The lowest BCUT2D eigenvalue weighted by Crippen LogP contribution is -2.40. The number of piperidine rings is 1. The van der Waals surface area contributed by atoms with E-state index in [-0.39, 0.29) is 18.2 Å². The minimum Gasteiger partial charge on any atom is -0.390 e. The first kappa shape index (κ1) is 12.1. The summed E-state index contributed by atoms with van der Waals surface area (Å²) in [4.78, 5) is 37.5. The van der Waals surface area contributed by atoms with E-state index in [0.29, 0.717) is 25.9 Å². The van der Waals surface area contributed by atoms with Crippen LogP contribution >= 0.6 is 0 Å². The third kappa shape index (κ3) is 2.67. The molecule has 1 aromatic rings. The zero-order valence-corrected chi connectivity index (χ0v) is 9.48. The fourth-order valence-corrected chi connectivity index (χ4v) is 1.69. The average Bonchev–Trinajstić information content (AvgIpc) is 2.78. The standard InChI is InChI=1S/C9H11N5O4/c15-7-1-3-12(4-2-7)8(16)5-13-6-10-9(11-13)14(17)18/h6H,1-5H2. The van der Waals surface area contributed by atoms with Crippen molar-refractivity contribution >= 4 is 17.6 Å². The van der Waals surface area contributed by atoms with Gasteiger partial charge in [-0.3, -0.25) is 9.59 Å². The first-order valence-electron chi connectivity index (χ1n) is 5.39. The number of carbonyl (C=O) groups is 2. The number of amides is 1. The number of likely N-dealkylation sites (tertiary alicyclic amines) is 1. The molecule has 0 bridgehead atoms. The van der Waals surface area contributed by atoms with Crippen LogP contribution in [-0.2, 0) is 16.1 Å². The molecule has 0 aliphatic carbocycles. The van der Waals surface area contributed by atoms with Crippen molar-refractivity contribution in [2.24, 2.45) is 0 Å². The summed E-state index contributed by atoms with van der Waals surface area (Å²) in [6.45, 7) is 0.692. The van der Waals surface area contributed by atoms with Gasteiger partial charge in [0.2, 0.25) is 12.2 Å². The van der Waals surface area contributed by atoms with Crippen molar-refractivity contribution in [3.63, 3.8) is 0 Å². The minimum atomic E-state index is -0.722. The van der Waals surface area contributed by atoms with Gasteiger partial charge < -0.3 is 15.0 Å². The molecule has 1 aliphatic heterocycles. The van der Waals surface area contributed by atoms with Gasteiger partial charge in [0.05, 0.1) is 0 Å². The van der Waals surface area contributed by atoms with Crippen molar-refractivity contribution < 1.29 is 14.5 Å². The predicted octanol–water partition coefficient (Wildman–Crippen LogP) is -0.622. The van der Waals surface area contributed by atoms with Gasteiger partial charge in [0.1, 0.15) is 12.3 Å². The van der Waals surface area contributed by atoms with E-state index in [4.69, 9.17) is 0 Å². The largest absolute Gasteiger partial charge is 0.490 e. The number of hydrogen-bond acceptors (Lipinski definition) is 6. The lowest BCUT2D eigenvalue weighted by atomic mass is 10.1. The van der Waals surface area contributed by atoms with Crippen LogP contribution in [0, 0.1) is 10.1 Å². The molecule has 9 heteroatoms. The van der Waals surface area contributed by atoms with Gasteiger partial charge in [-0.1, -0.05) is 4.98 Å². The van der Waals surface area contributed by atoms with Crippen LogP contribution in [0.15, 0.2) is 6.33 Å². The summed E-state index contributed by atoms with van der Waals surface area (Å²) < 4.78 is 1.12. The van der Waals surface area contributed by atoms with Gasteiger partial charge in [-0.05, 0) is 4.92 Å². The van der Waals surface area contributed by atoms with Crippen molar-refractivity contribution in [2.45, 2.75) is 19.4 Å². The normalized spacial score (nSPS) is 15.8. The van der Waals surface area contributed by atoms with Crippen molar-refractivity contribution in [3.8, 4) is 0 Å². The second kappa shape index (κ2) is 4.90.